The van der Waals surface area contributed by atoms with E-state index in [1.165, 1.54) is 5.56 Å². The standard InChI is InChI=1S/C19H30N2O2/c1-14(18(22)21-12-6-7-16(21)13-20-5)23-17-10-8-15(9-11-17)19(2,3)4/h8-11,14,16,20H,6-7,12-13H2,1-5H3. The summed E-state index contributed by atoms with van der Waals surface area (Å²) in [6.45, 7) is 10.1. The molecule has 4 nitrogen and oxygen atoms in total. The first kappa shape index (κ1) is 17.8. The van der Waals surface area contributed by atoms with Crippen LogP contribution in [0.5, 0.6) is 5.75 Å². The Labute approximate surface area is 140 Å². The van der Waals surface area contributed by atoms with Gasteiger partial charge in [-0.2, -0.15) is 0 Å². The highest BCUT2D eigenvalue weighted by molar-refractivity contribution is 5.81. The van der Waals surface area contributed by atoms with E-state index >= 15 is 0 Å². The molecule has 0 saturated carbocycles. The maximum absolute atomic E-state index is 12.6. The van der Waals surface area contributed by atoms with Gasteiger partial charge < -0.3 is 15.0 Å². The lowest BCUT2D eigenvalue weighted by molar-refractivity contribution is -0.138. The summed E-state index contributed by atoms with van der Waals surface area (Å²) in [5, 5.41) is 3.17. The Bertz CT molecular complexity index is 519. The summed E-state index contributed by atoms with van der Waals surface area (Å²) < 4.78 is 5.87. The molecule has 0 spiro atoms. The molecule has 1 aromatic carbocycles. The predicted octanol–water partition coefficient (Wildman–Crippen LogP) is 2.96. The number of nitrogens with one attached hydrogen (secondary N) is 1. The lowest BCUT2D eigenvalue weighted by atomic mass is 9.87. The Morgan fingerprint density at radius 2 is 2.00 bits per heavy atom. The number of likely N-dealkylation sites (N-methyl/N-ethyl adjacent to an activating group) is 1. The molecule has 2 atom stereocenters. The molecule has 1 aromatic rings. The van der Waals surface area contributed by atoms with E-state index in [9.17, 15) is 4.79 Å². The smallest absolute Gasteiger partial charge is 0.263 e. The predicted molar refractivity (Wildman–Crippen MR) is 93.9 cm³/mol. The minimum atomic E-state index is -0.451. The first-order chi connectivity index (χ1) is 10.8. The third-order valence-electron chi connectivity index (χ3n) is 4.48. The van der Waals surface area contributed by atoms with Crippen molar-refractivity contribution in [2.45, 2.75) is 58.1 Å². The van der Waals surface area contributed by atoms with Gasteiger partial charge in [-0.25, -0.2) is 0 Å². The van der Waals surface area contributed by atoms with Gasteiger partial charge in [0.05, 0.1) is 0 Å². The monoisotopic (exact) mass is 318 g/mol. The van der Waals surface area contributed by atoms with E-state index in [0.29, 0.717) is 6.04 Å². The van der Waals surface area contributed by atoms with E-state index < -0.39 is 6.10 Å². The minimum Gasteiger partial charge on any atom is -0.481 e. The maximum Gasteiger partial charge on any atom is 0.263 e. The quantitative estimate of drug-likeness (QED) is 0.907. The molecule has 1 N–H and O–H groups in total. The lowest BCUT2D eigenvalue weighted by Gasteiger charge is -2.27. The van der Waals surface area contributed by atoms with E-state index in [4.69, 9.17) is 4.74 Å². The Balaban J connectivity index is 1.98. The summed E-state index contributed by atoms with van der Waals surface area (Å²) in [7, 11) is 1.93. The third-order valence-corrected chi connectivity index (χ3v) is 4.48. The molecular weight excluding hydrogens is 288 g/mol. The first-order valence-corrected chi connectivity index (χ1v) is 8.55. The van der Waals surface area contributed by atoms with Crippen molar-refractivity contribution in [3.8, 4) is 5.75 Å². The molecule has 2 rings (SSSR count). The van der Waals surface area contributed by atoms with Crippen molar-refractivity contribution in [2.75, 3.05) is 20.1 Å². The molecule has 4 heteroatoms. The zero-order valence-electron chi connectivity index (χ0n) is 15.1. The Hall–Kier alpha value is -1.55. The van der Waals surface area contributed by atoms with Crippen LogP contribution in [-0.4, -0.2) is 43.1 Å². The Morgan fingerprint density at radius 1 is 1.35 bits per heavy atom. The van der Waals surface area contributed by atoms with Crippen molar-refractivity contribution < 1.29 is 9.53 Å². The fourth-order valence-electron chi connectivity index (χ4n) is 3.10. The molecule has 1 saturated heterocycles. The number of amides is 1. The number of hydrogen-bond donors (Lipinski definition) is 1. The molecule has 0 bridgehead atoms. The SMILES string of the molecule is CNCC1CCCN1C(=O)C(C)Oc1ccc(C(C)(C)C)cc1. The fourth-order valence-corrected chi connectivity index (χ4v) is 3.10. The second-order valence-electron chi connectivity index (χ2n) is 7.42. The number of rotatable bonds is 5. The van der Waals surface area contributed by atoms with Crippen molar-refractivity contribution in [3.63, 3.8) is 0 Å². The Morgan fingerprint density at radius 3 is 2.57 bits per heavy atom. The number of likely N-dealkylation sites (tertiary alicyclic amines) is 1. The van der Waals surface area contributed by atoms with E-state index in [-0.39, 0.29) is 11.3 Å². The summed E-state index contributed by atoms with van der Waals surface area (Å²) in [4.78, 5) is 14.6. The molecule has 0 aromatic heterocycles. The number of ether oxygens (including phenoxy) is 1. The molecule has 23 heavy (non-hydrogen) atoms. The molecule has 128 valence electrons. The highest BCUT2D eigenvalue weighted by atomic mass is 16.5. The highest BCUT2D eigenvalue weighted by Crippen LogP contribution is 2.25. The molecule has 1 aliphatic rings. The highest BCUT2D eigenvalue weighted by Gasteiger charge is 2.31. The van der Waals surface area contributed by atoms with Gasteiger partial charge in [-0.1, -0.05) is 32.9 Å². The van der Waals surface area contributed by atoms with Crippen LogP contribution in [0, 0.1) is 0 Å². The van der Waals surface area contributed by atoms with Crippen LogP contribution in [0.25, 0.3) is 0 Å². The van der Waals surface area contributed by atoms with Crippen LogP contribution in [0.2, 0.25) is 0 Å². The van der Waals surface area contributed by atoms with E-state index in [1.54, 1.807) is 0 Å². The van der Waals surface area contributed by atoms with Gasteiger partial charge >= 0.3 is 0 Å². The molecule has 2 unspecified atom stereocenters. The maximum atomic E-state index is 12.6. The number of nitrogens with zero attached hydrogens (tertiary/aromatic N) is 1. The van der Waals surface area contributed by atoms with Crippen molar-refractivity contribution in [3.05, 3.63) is 29.8 Å². The van der Waals surface area contributed by atoms with Crippen molar-refractivity contribution in [1.82, 2.24) is 10.2 Å². The Kier molecular flexibility index (Phi) is 5.69. The second kappa shape index (κ2) is 7.35. The number of benzene rings is 1. The number of hydrogen-bond acceptors (Lipinski definition) is 3. The molecule has 1 aliphatic heterocycles. The molecule has 0 aliphatic carbocycles. The topological polar surface area (TPSA) is 41.6 Å². The lowest BCUT2D eigenvalue weighted by Crippen LogP contribution is -2.46. The fraction of sp³-hybridized carbons (Fsp3) is 0.632. The normalized spacial score (nSPS) is 19.7. The van der Waals surface area contributed by atoms with Gasteiger partial charge in [0, 0.05) is 19.1 Å². The summed E-state index contributed by atoms with van der Waals surface area (Å²) in [5.41, 5.74) is 1.38. The van der Waals surface area contributed by atoms with Crippen molar-refractivity contribution >= 4 is 5.91 Å². The zero-order chi connectivity index (χ0) is 17.0. The van der Waals surface area contributed by atoms with Crippen LogP contribution >= 0.6 is 0 Å². The number of carbonyl (C=O) groups is 1. The largest absolute Gasteiger partial charge is 0.481 e. The number of carbonyl (C=O) groups excluding carboxylic acids is 1. The van der Waals surface area contributed by atoms with Crippen LogP contribution in [0.15, 0.2) is 24.3 Å². The van der Waals surface area contributed by atoms with Gasteiger partial charge in [-0.3, -0.25) is 4.79 Å². The van der Waals surface area contributed by atoms with Gasteiger partial charge in [-0.05, 0) is 49.9 Å². The molecule has 0 radical (unpaired) electrons. The first-order valence-electron chi connectivity index (χ1n) is 8.55. The van der Waals surface area contributed by atoms with Crippen LogP contribution in [0.4, 0.5) is 0 Å². The average Bonchev–Trinajstić information content (AvgIpc) is 2.94. The van der Waals surface area contributed by atoms with Gasteiger partial charge in [0.1, 0.15) is 5.75 Å². The summed E-state index contributed by atoms with van der Waals surface area (Å²) >= 11 is 0. The average molecular weight is 318 g/mol. The van der Waals surface area contributed by atoms with E-state index in [0.717, 1.165) is 31.7 Å². The van der Waals surface area contributed by atoms with Crippen LogP contribution in [-0.2, 0) is 10.2 Å². The molecular formula is C19H30N2O2. The molecule has 1 heterocycles. The van der Waals surface area contributed by atoms with Crippen molar-refractivity contribution in [1.29, 1.82) is 0 Å². The third kappa shape index (κ3) is 4.47. The van der Waals surface area contributed by atoms with E-state index in [2.05, 4.69) is 38.2 Å². The summed E-state index contributed by atoms with van der Waals surface area (Å²) in [5.74, 6) is 0.839. The van der Waals surface area contributed by atoms with Gasteiger partial charge in [0.15, 0.2) is 6.10 Å². The second-order valence-corrected chi connectivity index (χ2v) is 7.42. The van der Waals surface area contributed by atoms with Gasteiger partial charge in [-0.15, -0.1) is 0 Å². The minimum absolute atomic E-state index is 0.0858. The van der Waals surface area contributed by atoms with Gasteiger partial charge in [0.2, 0.25) is 0 Å². The summed E-state index contributed by atoms with van der Waals surface area (Å²) in [6, 6.07) is 8.36. The van der Waals surface area contributed by atoms with Crippen LogP contribution in [0.1, 0.15) is 46.1 Å². The van der Waals surface area contributed by atoms with E-state index in [1.807, 2.05) is 31.0 Å². The van der Waals surface area contributed by atoms with Crippen molar-refractivity contribution in [2.24, 2.45) is 0 Å². The molecule has 1 fully saturated rings. The summed E-state index contributed by atoms with van der Waals surface area (Å²) in [6.07, 6.45) is 1.69. The van der Waals surface area contributed by atoms with Gasteiger partial charge in [0.25, 0.3) is 5.91 Å². The zero-order valence-corrected chi connectivity index (χ0v) is 15.1. The molecule has 1 amide bonds. The van der Waals surface area contributed by atoms with Crippen LogP contribution in [0.3, 0.4) is 0 Å². The van der Waals surface area contributed by atoms with Crippen LogP contribution < -0.4 is 10.1 Å².